The van der Waals surface area contributed by atoms with Crippen molar-refractivity contribution < 1.29 is 18.0 Å². The number of hydrogen-bond acceptors (Lipinski definition) is 3. The zero-order valence-electron chi connectivity index (χ0n) is 12.8. The first-order chi connectivity index (χ1) is 10.8. The molecule has 1 heterocycles. The van der Waals surface area contributed by atoms with Crippen molar-refractivity contribution in [1.29, 1.82) is 0 Å². The lowest BCUT2D eigenvalue weighted by Gasteiger charge is -2.29. The highest BCUT2D eigenvalue weighted by Gasteiger charge is 2.31. The van der Waals surface area contributed by atoms with E-state index in [2.05, 4.69) is 5.32 Å². The highest BCUT2D eigenvalue weighted by atomic mass is 35.5. The molecule has 1 saturated heterocycles. The Labute approximate surface area is 138 Å². The van der Waals surface area contributed by atoms with Crippen LogP contribution in [0.2, 0.25) is 5.02 Å². The first-order valence-corrected chi connectivity index (χ1v) is 7.67. The molecular weight excluding hydrogens is 331 g/mol. The average Bonchev–Trinajstić information content (AvgIpc) is 2.46. The number of nitrogens with one attached hydrogen (secondary N) is 1. The fraction of sp³-hybridized carbons (Fsp3) is 0.533. The standard InChI is InChI=1S/C15H19ClF3N3O/c1-21(10-14(23)22-4-2-20-3-5-22)9-11-6-12(15(17,18)19)8-13(16)7-11/h6-8,20H,2-5,9-10H2,1H3. The summed E-state index contributed by atoms with van der Waals surface area (Å²) in [5.74, 6) is -0.0212. The maximum absolute atomic E-state index is 12.8. The van der Waals surface area contributed by atoms with E-state index in [-0.39, 0.29) is 24.0 Å². The van der Waals surface area contributed by atoms with E-state index < -0.39 is 11.7 Å². The van der Waals surface area contributed by atoms with Crippen molar-refractivity contribution >= 4 is 17.5 Å². The van der Waals surface area contributed by atoms with Crippen LogP contribution < -0.4 is 5.32 Å². The van der Waals surface area contributed by atoms with Crippen molar-refractivity contribution in [3.8, 4) is 0 Å². The van der Waals surface area contributed by atoms with Crippen molar-refractivity contribution in [2.75, 3.05) is 39.8 Å². The van der Waals surface area contributed by atoms with E-state index >= 15 is 0 Å². The summed E-state index contributed by atoms with van der Waals surface area (Å²) in [4.78, 5) is 15.6. The Kier molecular flexibility index (Phi) is 5.89. The molecule has 1 amide bonds. The molecule has 0 spiro atoms. The molecule has 2 rings (SSSR count). The molecule has 1 N–H and O–H groups in total. The van der Waals surface area contributed by atoms with Crippen molar-refractivity contribution in [1.82, 2.24) is 15.1 Å². The normalized spacial score (nSPS) is 16.0. The maximum atomic E-state index is 12.8. The lowest BCUT2D eigenvalue weighted by molar-refractivity contribution is -0.137. The second-order valence-electron chi connectivity index (χ2n) is 5.65. The van der Waals surface area contributed by atoms with Gasteiger partial charge in [-0.15, -0.1) is 0 Å². The molecule has 8 heteroatoms. The third-order valence-corrected chi connectivity index (χ3v) is 3.83. The van der Waals surface area contributed by atoms with E-state index in [1.54, 1.807) is 16.8 Å². The van der Waals surface area contributed by atoms with Gasteiger partial charge in [-0.1, -0.05) is 11.6 Å². The number of carbonyl (C=O) groups excluding carboxylic acids is 1. The molecule has 4 nitrogen and oxygen atoms in total. The minimum absolute atomic E-state index is 0.0212. The predicted octanol–water partition coefficient (Wildman–Crippen LogP) is 2.22. The summed E-state index contributed by atoms with van der Waals surface area (Å²) in [6.45, 7) is 3.22. The van der Waals surface area contributed by atoms with Gasteiger partial charge >= 0.3 is 6.18 Å². The first-order valence-electron chi connectivity index (χ1n) is 7.29. The van der Waals surface area contributed by atoms with Crippen LogP contribution in [0.5, 0.6) is 0 Å². The second-order valence-corrected chi connectivity index (χ2v) is 6.09. The van der Waals surface area contributed by atoms with Crippen LogP contribution in [0.25, 0.3) is 0 Å². The van der Waals surface area contributed by atoms with Gasteiger partial charge in [-0.25, -0.2) is 0 Å². The highest BCUT2D eigenvalue weighted by Crippen LogP contribution is 2.32. The molecule has 0 bridgehead atoms. The Balaban J connectivity index is 1.98. The van der Waals surface area contributed by atoms with Crippen LogP contribution in [0.3, 0.4) is 0 Å². The van der Waals surface area contributed by atoms with E-state index in [0.29, 0.717) is 18.7 Å². The Hall–Kier alpha value is -1.31. The smallest absolute Gasteiger partial charge is 0.339 e. The van der Waals surface area contributed by atoms with Gasteiger partial charge < -0.3 is 10.2 Å². The minimum atomic E-state index is -4.44. The summed E-state index contributed by atoms with van der Waals surface area (Å²) in [5, 5.41) is 3.20. The molecule has 0 aromatic heterocycles. The monoisotopic (exact) mass is 349 g/mol. The van der Waals surface area contributed by atoms with Crippen molar-refractivity contribution in [2.45, 2.75) is 12.7 Å². The van der Waals surface area contributed by atoms with Crippen LogP contribution in [0.15, 0.2) is 18.2 Å². The minimum Gasteiger partial charge on any atom is -0.339 e. The molecule has 23 heavy (non-hydrogen) atoms. The lowest BCUT2D eigenvalue weighted by Crippen LogP contribution is -2.49. The molecule has 1 aromatic rings. The topological polar surface area (TPSA) is 35.6 Å². The number of amides is 1. The Bertz CT molecular complexity index is 559. The fourth-order valence-electron chi connectivity index (χ4n) is 2.52. The van der Waals surface area contributed by atoms with Crippen molar-refractivity contribution in [2.24, 2.45) is 0 Å². The molecule has 1 fully saturated rings. The number of halogens is 4. The van der Waals surface area contributed by atoms with Crippen LogP contribution in [0, 0.1) is 0 Å². The van der Waals surface area contributed by atoms with E-state index in [9.17, 15) is 18.0 Å². The van der Waals surface area contributed by atoms with Gasteiger partial charge in [0.25, 0.3) is 0 Å². The number of carbonyl (C=O) groups is 1. The van der Waals surface area contributed by atoms with Gasteiger partial charge in [0.2, 0.25) is 5.91 Å². The van der Waals surface area contributed by atoms with Gasteiger partial charge in [0, 0.05) is 37.7 Å². The molecule has 0 radical (unpaired) electrons. The summed E-state index contributed by atoms with van der Waals surface area (Å²) >= 11 is 5.77. The second kappa shape index (κ2) is 7.51. The molecule has 1 aliphatic heterocycles. The molecule has 0 atom stereocenters. The molecule has 0 saturated carbocycles. The number of nitrogens with zero attached hydrogens (tertiary/aromatic N) is 2. The molecule has 128 valence electrons. The van der Waals surface area contributed by atoms with E-state index in [1.807, 2.05) is 0 Å². The van der Waals surface area contributed by atoms with Crippen LogP contribution in [0.4, 0.5) is 13.2 Å². The van der Waals surface area contributed by atoms with Gasteiger partial charge in [-0.2, -0.15) is 13.2 Å². The fourth-order valence-corrected chi connectivity index (χ4v) is 2.78. The van der Waals surface area contributed by atoms with Crippen LogP contribution in [0.1, 0.15) is 11.1 Å². The number of hydrogen-bond donors (Lipinski definition) is 1. The number of likely N-dealkylation sites (N-methyl/N-ethyl adjacent to an activating group) is 1. The Morgan fingerprint density at radius 2 is 1.96 bits per heavy atom. The van der Waals surface area contributed by atoms with Crippen molar-refractivity contribution in [3.05, 3.63) is 34.3 Å². The van der Waals surface area contributed by atoms with Gasteiger partial charge in [0.1, 0.15) is 0 Å². The molecule has 0 unspecified atom stereocenters. The number of benzene rings is 1. The number of alkyl halides is 3. The summed E-state index contributed by atoms with van der Waals surface area (Å²) in [6, 6.07) is 3.46. The highest BCUT2D eigenvalue weighted by molar-refractivity contribution is 6.30. The van der Waals surface area contributed by atoms with Crippen molar-refractivity contribution in [3.63, 3.8) is 0 Å². The zero-order valence-corrected chi connectivity index (χ0v) is 13.5. The number of piperazine rings is 1. The zero-order chi connectivity index (χ0) is 17.0. The van der Waals surface area contributed by atoms with E-state index in [4.69, 9.17) is 11.6 Å². The number of rotatable bonds is 4. The SMILES string of the molecule is CN(CC(=O)N1CCNCC1)Cc1cc(Cl)cc(C(F)(F)F)c1. The molecule has 1 aliphatic rings. The van der Waals surface area contributed by atoms with Gasteiger partial charge in [-0.05, 0) is 30.8 Å². The molecule has 0 aliphatic carbocycles. The summed E-state index contributed by atoms with van der Waals surface area (Å²) < 4.78 is 38.4. The lowest BCUT2D eigenvalue weighted by atomic mass is 10.1. The molecular formula is C15H19ClF3N3O. The summed E-state index contributed by atoms with van der Waals surface area (Å²) in [5.41, 5.74) is -0.345. The van der Waals surface area contributed by atoms with Gasteiger partial charge in [0.15, 0.2) is 0 Å². The van der Waals surface area contributed by atoms with Crippen LogP contribution >= 0.6 is 11.6 Å². The Morgan fingerprint density at radius 3 is 2.57 bits per heavy atom. The van der Waals surface area contributed by atoms with Gasteiger partial charge in [0.05, 0.1) is 12.1 Å². The summed E-state index contributed by atoms with van der Waals surface area (Å²) in [7, 11) is 1.70. The quantitative estimate of drug-likeness (QED) is 0.905. The Morgan fingerprint density at radius 1 is 1.30 bits per heavy atom. The van der Waals surface area contributed by atoms with E-state index in [0.717, 1.165) is 25.2 Å². The average molecular weight is 350 g/mol. The van der Waals surface area contributed by atoms with Gasteiger partial charge in [-0.3, -0.25) is 9.69 Å². The third kappa shape index (κ3) is 5.37. The van der Waals surface area contributed by atoms with E-state index in [1.165, 1.54) is 6.07 Å². The largest absolute Gasteiger partial charge is 0.416 e. The maximum Gasteiger partial charge on any atom is 0.416 e. The first kappa shape index (κ1) is 18.0. The summed E-state index contributed by atoms with van der Waals surface area (Å²) in [6.07, 6.45) is -4.44. The third-order valence-electron chi connectivity index (χ3n) is 3.61. The van der Waals surface area contributed by atoms with Crippen LogP contribution in [-0.4, -0.2) is 55.5 Å². The molecule has 1 aromatic carbocycles. The predicted molar refractivity (Wildman–Crippen MR) is 82.2 cm³/mol. The van der Waals surface area contributed by atoms with Crippen LogP contribution in [-0.2, 0) is 17.5 Å².